The molecule has 0 saturated heterocycles. The molecule has 1 N–H and O–H groups in total. The summed E-state index contributed by atoms with van der Waals surface area (Å²) in [6, 6.07) is 17.5. The van der Waals surface area contributed by atoms with Crippen LogP contribution in [0.5, 0.6) is 5.75 Å². The number of pyridine rings is 1. The lowest BCUT2D eigenvalue weighted by atomic mass is 10.2. The van der Waals surface area contributed by atoms with Gasteiger partial charge in [0.1, 0.15) is 11.9 Å². The van der Waals surface area contributed by atoms with E-state index in [9.17, 15) is 4.79 Å². The number of rotatable bonds is 4. The van der Waals surface area contributed by atoms with Crippen molar-refractivity contribution in [2.45, 2.75) is 6.10 Å². The van der Waals surface area contributed by atoms with Crippen LogP contribution >= 0.6 is 0 Å². The van der Waals surface area contributed by atoms with E-state index in [-0.39, 0.29) is 11.7 Å². The average Bonchev–Trinajstić information content (AvgIpc) is 3.35. The molecule has 0 saturated carbocycles. The van der Waals surface area contributed by atoms with Crippen LogP contribution in [0.25, 0.3) is 27.6 Å². The maximum Gasteiger partial charge on any atom is 0.267 e. The number of hydrogen-bond donors (Lipinski definition) is 1. The predicted octanol–water partition coefficient (Wildman–Crippen LogP) is 2.99. The standard InChI is InChI=1S/C25H23N7O2/c1-30-14-17(34-21-11-7-6-10-20(21)30)15-31(2)25-26-12-18-22-19(13-27-29-22)24(33)32(23(18)28-25)16-8-4-3-5-9-16/h3-13,17H,14-15H2,1-2H3,(H,27,29)/t17-/m1/s1. The van der Waals surface area contributed by atoms with Gasteiger partial charge in [-0.15, -0.1) is 0 Å². The first-order valence-electron chi connectivity index (χ1n) is 11.1. The quantitative estimate of drug-likeness (QED) is 0.447. The summed E-state index contributed by atoms with van der Waals surface area (Å²) < 4.78 is 7.85. The Kier molecular flexibility index (Phi) is 4.68. The van der Waals surface area contributed by atoms with Crippen LogP contribution in [0.3, 0.4) is 0 Å². The van der Waals surface area contributed by atoms with E-state index in [1.807, 2.05) is 60.5 Å². The highest BCUT2D eigenvalue weighted by Crippen LogP contribution is 2.32. The van der Waals surface area contributed by atoms with Gasteiger partial charge in [-0.2, -0.15) is 10.1 Å². The Bertz CT molecular complexity index is 1560. The molecule has 170 valence electrons. The second kappa shape index (κ2) is 7.87. The molecule has 3 aromatic heterocycles. The molecule has 4 heterocycles. The minimum atomic E-state index is -0.177. The summed E-state index contributed by atoms with van der Waals surface area (Å²) in [5.41, 5.74) is 2.80. The van der Waals surface area contributed by atoms with E-state index in [1.54, 1.807) is 17.0 Å². The summed E-state index contributed by atoms with van der Waals surface area (Å²) in [5, 5.41) is 8.24. The van der Waals surface area contributed by atoms with E-state index >= 15 is 0 Å². The smallest absolute Gasteiger partial charge is 0.267 e. The minimum Gasteiger partial charge on any atom is -0.485 e. The molecule has 6 rings (SSSR count). The number of para-hydroxylation sites is 3. The molecule has 9 nitrogen and oxygen atoms in total. The van der Waals surface area contributed by atoms with Crippen LogP contribution < -0.4 is 20.1 Å². The number of anilines is 2. The fourth-order valence-corrected chi connectivity index (χ4v) is 4.56. The zero-order valence-electron chi connectivity index (χ0n) is 18.8. The number of nitrogens with one attached hydrogen (secondary N) is 1. The number of fused-ring (bicyclic) bond motifs is 4. The minimum absolute atomic E-state index is 0.0596. The molecule has 9 heteroatoms. The van der Waals surface area contributed by atoms with E-state index in [1.165, 1.54) is 0 Å². The van der Waals surface area contributed by atoms with E-state index < -0.39 is 0 Å². The molecule has 0 bridgehead atoms. The summed E-state index contributed by atoms with van der Waals surface area (Å²) in [6.07, 6.45) is 3.23. The monoisotopic (exact) mass is 453 g/mol. The van der Waals surface area contributed by atoms with Gasteiger partial charge >= 0.3 is 0 Å². The first kappa shape index (κ1) is 20.2. The number of ether oxygens (including phenoxy) is 1. The Hall–Kier alpha value is -4.40. The molecule has 2 aromatic carbocycles. The maximum atomic E-state index is 13.4. The zero-order valence-corrected chi connectivity index (χ0v) is 18.8. The number of likely N-dealkylation sites (N-methyl/N-ethyl adjacent to an activating group) is 2. The molecule has 1 atom stereocenters. The third-order valence-electron chi connectivity index (χ3n) is 6.19. The van der Waals surface area contributed by atoms with Crippen molar-refractivity contribution in [3.63, 3.8) is 0 Å². The van der Waals surface area contributed by atoms with E-state index in [4.69, 9.17) is 9.72 Å². The summed E-state index contributed by atoms with van der Waals surface area (Å²) >= 11 is 0. The molecule has 34 heavy (non-hydrogen) atoms. The van der Waals surface area contributed by atoms with Gasteiger partial charge in [0.05, 0.1) is 47.0 Å². The van der Waals surface area contributed by atoms with Crippen LogP contribution in [0.4, 0.5) is 11.6 Å². The fourth-order valence-electron chi connectivity index (χ4n) is 4.56. The normalized spacial score (nSPS) is 15.4. The molecule has 0 amide bonds. The lowest BCUT2D eigenvalue weighted by Crippen LogP contribution is -2.44. The van der Waals surface area contributed by atoms with E-state index in [2.05, 4.69) is 33.2 Å². The molecule has 1 aliphatic rings. The second-order valence-corrected chi connectivity index (χ2v) is 8.51. The number of H-pyrrole nitrogens is 1. The SMILES string of the molecule is CN(C[C@H]1CN(C)c2ccccc2O1)c1ncc2c3[nH]ncc3c(=O)n(-c3ccccc3)c2n1. The van der Waals surface area contributed by atoms with Crippen molar-refractivity contribution in [2.75, 3.05) is 37.0 Å². The van der Waals surface area contributed by atoms with Crippen LogP contribution in [0, 0.1) is 0 Å². The van der Waals surface area contributed by atoms with E-state index in [0.29, 0.717) is 29.0 Å². The van der Waals surface area contributed by atoms with Gasteiger partial charge < -0.3 is 14.5 Å². The number of aromatic amines is 1. The van der Waals surface area contributed by atoms with Gasteiger partial charge in [-0.05, 0) is 24.3 Å². The summed E-state index contributed by atoms with van der Waals surface area (Å²) in [4.78, 5) is 27.0. The third-order valence-corrected chi connectivity index (χ3v) is 6.19. The van der Waals surface area contributed by atoms with Gasteiger partial charge in [0, 0.05) is 20.3 Å². The lowest BCUT2D eigenvalue weighted by molar-refractivity contribution is 0.201. The molecule has 5 aromatic rings. The summed E-state index contributed by atoms with van der Waals surface area (Å²) in [7, 11) is 4.00. The number of nitrogens with zero attached hydrogens (tertiary/aromatic N) is 6. The molecule has 0 unspecified atom stereocenters. The first-order chi connectivity index (χ1) is 16.6. The number of benzene rings is 2. The maximum absolute atomic E-state index is 13.4. The van der Waals surface area contributed by atoms with Crippen molar-refractivity contribution in [1.82, 2.24) is 24.7 Å². The summed E-state index contributed by atoms with van der Waals surface area (Å²) in [6.45, 7) is 1.34. The molecular formula is C25H23N7O2. The average molecular weight is 454 g/mol. The Labute approximate surface area is 195 Å². The van der Waals surface area contributed by atoms with Crippen LogP contribution in [0.2, 0.25) is 0 Å². The topological polar surface area (TPSA) is 92.2 Å². The first-order valence-corrected chi connectivity index (χ1v) is 11.1. The van der Waals surface area contributed by atoms with Crippen molar-refractivity contribution < 1.29 is 4.74 Å². The Morgan fingerprint density at radius 3 is 2.74 bits per heavy atom. The molecule has 0 radical (unpaired) electrons. The van der Waals surface area contributed by atoms with Gasteiger partial charge in [-0.1, -0.05) is 30.3 Å². The van der Waals surface area contributed by atoms with Crippen molar-refractivity contribution in [2.24, 2.45) is 0 Å². The van der Waals surface area contributed by atoms with Gasteiger partial charge in [-0.25, -0.2) is 4.98 Å². The van der Waals surface area contributed by atoms with Crippen LogP contribution in [0.15, 0.2) is 71.8 Å². The molecule has 0 spiro atoms. The zero-order chi connectivity index (χ0) is 23.2. The number of hydrogen-bond acceptors (Lipinski definition) is 7. The van der Waals surface area contributed by atoms with Crippen LogP contribution in [0.1, 0.15) is 0 Å². The Balaban J connectivity index is 1.40. The molecular weight excluding hydrogens is 430 g/mol. The van der Waals surface area contributed by atoms with Crippen LogP contribution in [-0.4, -0.2) is 58.0 Å². The highest BCUT2D eigenvalue weighted by atomic mass is 16.5. The number of aromatic nitrogens is 5. The van der Waals surface area contributed by atoms with E-state index in [0.717, 1.165) is 29.1 Å². The van der Waals surface area contributed by atoms with Crippen LogP contribution in [-0.2, 0) is 0 Å². The Morgan fingerprint density at radius 1 is 1.09 bits per heavy atom. The molecule has 1 aliphatic heterocycles. The summed E-state index contributed by atoms with van der Waals surface area (Å²) in [5.74, 6) is 1.38. The molecule has 0 fully saturated rings. The van der Waals surface area contributed by atoms with Crippen molar-refractivity contribution in [3.8, 4) is 11.4 Å². The van der Waals surface area contributed by atoms with Crippen molar-refractivity contribution >= 4 is 33.6 Å². The third kappa shape index (κ3) is 3.24. The highest BCUT2D eigenvalue weighted by molar-refractivity contribution is 6.02. The lowest BCUT2D eigenvalue weighted by Gasteiger charge is -2.35. The molecule has 0 aliphatic carbocycles. The predicted molar refractivity (Wildman–Crippen MR) is 132 cm³/mol. The largest absolute Gasteiger partial charge is 0.485 e. The highest BCUT2D eigenvalue weighted by Gasteiger charge is 2.25. The van der Waals surface area contributed by atoms with Gasteiger partial charge in [0.25, 0.3) is 5.56 Å². The van der Waals surface area contributed by atoms with Crippen molar-refractivity contribution in [1.29, 1.82) is 0 Å². The van der Waals surface area contributed by atoms with Gasteiger partial charge in [0.2, 0.25) is 5.95 Å². The Morgan fingerprint density at radius 2 is 1.88 bits per heavy atom. The fraction of sp³-hybridized carbons (Fsp3) is 0.200. The van der Waals surface area contributed by atoms with Crippen molar-refractivity contribution in [3.05, 3.63) is 77.3 Å². The second-order valence-electron chi connectivity index (χ2n) is 8.51. The van der Waals surface area contributed by atoms with Gasteiger partial charge in [-0.3, -0.25) is 14.5 Å². The van der Waals surface area contributed by atoms with Gasteiger partial charge in [0.15, 0.2) is 5.65 Å².